The normalized spacial score (nSPS) is 16.1. The lowest BCUT2D eigenvalue weighted by Crippen LogP contribution is -2.32. The van der Waals surface area contributed by atoms with Crippen LogP contribution in [-0.2, 0) is 21.2 Å². The van der Waals surface area contributed by atoms with Crippen LogP contribution in [0.5, 0.6) is 0 Å². The molecule has 38 heavy (non-hydrogen) atoms. The number of sulfone groups is 1. The zero-order chi connectivity index (χ0) is 26.9. The average Bonchev–Trinajstić information content (AvgIpc) is 3.31. The van der Waals surface area contributed by atoms with E-state index in [9.17, 15) is 27.2 Å². The average molecular weight is 536 g/mol. The van der Waals surface area contributed by atoms with Gasteiger partial charge in [-0.1, -0.05) is 30.3 Å². The molecule has 1 saturated heterocycles. The molecule has 8 nitrogen and oxygen atoms in total. The molecule has 0 spiro atoms. The number of fused-ring (bicyclic) bond motifs is 2. The highest BCUT2D eigenvalue weighted by atomic mass is 32.2. The van der Waals surface area contributed by atoms with Gasteiger partial charge in [0.25, 0.3) is 11.8 Å². The number of hydrogen-bond acceptors (Lipinski definition) is 5. The third-order valence-corrected chi connectivity index (χ3v) is 8.66. The molecular weight excluding hydrogens is 509 g/mol. The summed E-state index contributed by atoms with van der Waals surface area (Å²) in [4.78, 5) is 41.1. The Morgan fingerprint density at radius 1 is 0.974 bits per heavy atom. The summed E-state index contributed by atoms with van der Waals surface area (Å²) in [6.45, 7) is 1.36. The Balaban J connectivity index is 1.47. The zero-order valence-electron chi connectivity index (χ0n) is 20.5. The molecule has 1 N–H and O–H groups in total. The van der Waals surface area contributed by atoms with Crippen molar-refractivity contribution in [1.82, 2.24) is 10.2 Å². The number of carbonyl (C=O) groups is 3. The largest absolute Gasteiger partial charge is 0.352 e. The highest BCUT2D eigenvalue weighted by Crippen LogP contribution is 2.38. The minimum atomic E-state index is -4.11. The number of amides is 3. The maximum atomic E-state index is 14.6. The van der Waals surface area contributed by atoms with E-state index in [1.807, 2.05) is 0 Å². The number of anilines is 1. The van der Waals surface area contributed by atoms with Crippen LogP contribution in [0.2, 0.25) is 0 Å². The van der Waals surface area contributed by atoms with Crippen LogP contribution in [0.1, 0.15) is 45.5 Å². The Kier molecular flexibility index (Phi) is 6.98. The van der Waals surface area contributed by atoms with Crippen molar-refractivity contribution in [2.75, 3.05) is 24.5 Å². The van der Waals surface area contributed by atoms with E-state index in [1.54, 1.807) is 17.0 Å². The second-order valence-corrected chi connectivity index (χ2v) is 11.1. The topological polar surface area (TPSA) is 104 Å². The van der Waals surface area contributed by atoms with Crippen molar-refractivity contribution in [2.24, 2.45) is 0 Å². The fourth-order valence-electron chi connectivity index (χ4n) is 4.82. The van der Waals surface area contributed by atoms with Crippen LogP contribution in [0, 0.1) is 5.82 Å². The molecule has 2 heterocycles. The maximum absolute atomic E-state index is 14.6. The number of benzene rings is 3. The van der Waals surface area contributed by atoms with Gasteiger partial charge in [-0.2, -0.15) is 0 Å². The second kappa shape index (κ2) is 10.4. The molecule has 3 aromatic rings. The third kappa shape index (κ3) is 4.79. The van der Waals surface area contributed by atoms with Gasteiger partial charge in [-0.05, 0) is 49.2 Å². The van der Waals surface area contributed by atoms with Crippen molar-refractivity contribution in [2.45, 2.75) is 35.6 Å². The summed E-state index contributed by atoms with van der Waals surface area (Å²) >= 11 is 0. The van der Waals surface area contributed by atoms with E-state index >= 15 is 0 Å². The lowest BCUT2D eigenvalue weighted by Gasteiger charge is -2.24. The Bertz CT molecular complexity index is 1540. The Hall–Kier alpha value is -4.05. The number of nitrogens with zero attached hydrogens (tertiary/aromatic N) is 2. The highest BCUT2D eigenvalue weighted by Gasteiger charge is 2.36. The fraction of sp³-hybridized carbons (Fsp3) is 0.250. The van der Waals surface area contributed by atoms with Gasteiger partial charge in [0.05, 0.1) is 27.6 Å². The van der Waals surface area contributed by atoms with Gasteiger partial charge in [-0.25, -0.2) is 12.8 Å². The van der Waals surface area contributed by atoms with Crippen molar-refractivity contribution in [1.29, 1.82) is 0 Å². The lowest BCUT2D eigenvalue weighted by atomic mass is 10.1. The number of nitrogens with one attached hydrogen (secondary N) is 1. The van der Waals surface area contributed by atoms with Crippen molar-refractivity contribution >= 4 is 33.2 Å². The predicted molar refractivity (Wildman–Crippen MR) is 138 cm³/mol. The van der Waals surface area contributed by atoms with Crippen LogP contribution in [0.15, 0.2) is 76.5 Å². The van der Waals surface area contributed by atoms with E-state index in [0.717, 1.165) is 13.0 Å². The SMILES string of the molecule is O=C(NCCCN1CCCC1=O)c1ccc2c(c1)N(Cc1ccccc1F)C(=O)c1ccccc1S2(=O)=O. The first-order valence-corrected chi connectivity index (χ1v) is 13.8. The molecule has 5 rings (SSSR count). The van der Waals surface area contributed by atoms with Gasteiger partial charge in [0.2, 0.25) is 15.7 Å². The van der Waals surface area contributed by atoms with E-state index in [1.165, 1.54) is 59.5 Å². The highest BCUT2D eigenvalue weighted by molar-refractivity contribution is 7.91. The second-order valence-electron chi connectivity index (χ2n) is 9.26. The zero-order valence-corrected chi connectivity index (χ0v) is 21.3. The van der Waals surface area contributed by atoms with Gasteiger partial charge < -0.3 is 15.1 Å². The molecule has 0 atom stereocenters. The first-order chi connectivity index (χ1) is 18.3. The standard InChI is InChI=1S/C28H26FN3O5S/c29-22-9-3-1-7-20(22)18-32-23-17-19(27(34)30-14-6-16-31-15-5-11-26(31)33)12-13-25(23)38(36,37)24-10-4-2-8-21(24)28(32)35/h1-4,7-10,12-13,17H,5-6,11,14-16,18H2,(H,30,34). The third-order valence-electron chi connectivity index (χ3n) is 6.80. The molecule has 0 radical (unpaired) electrons. The molecule has 0 saturated carbocycles. The first kappa shape index (κ1) is 25.6. The Labute approximate surface area is 220 Å². The van der Waals surface area contributed by atoms with Gasteiger partial charge in [0.15, 0.2) is 0 Å². The monoisotopic (exact) mass is 535 g/mol. The number of carbonyl (C=O) groups excluding carboxylic acids is 3. The molecule has 1 fully saturated rings. The van der Waals surface area contributed by atoms with Crippen molar-refractivity contribution in [3.8, 4) is 0 Å². The van der Waals surface area contributed by atoms with Crippen LogP contribution < -0.4 is 10.2 Å². The Morgan fingerprint density at radius 3 is 2.50 bits per heavy atom. The van der Waals surface area contributed by atoms with Gasteiger partial charge in [-0.15, -0.1) is 0 Å². The fourth-order valence-corrected chi connectivity index (χ4v) is 6.45. The number of hydrogen-bond donors (Lipinski definition) is 1. The molecule has 0 aromatic heterocycles. The minimum absolute atomic E-state index is 0.00441. The van der Waals surface area contributed by atoms with Crippen molar-refractivity contribution < 1.29 is 27.2 Å². The molecule has 2 aliphatic heterocycles. The van der Waals surface area contributed by atoms with Gasteiger partial charge in [0, 0.05) is 37.2 Å². The van der Waals surface area contributed by atoms with Crippen molar-refractivity contribution in [3.05, 3.63) is 89.2 Å². The molecule has 2 aliphatic rings. The molecule has 10 heteroatoms. The van der Waals surface area contributed by atoms with E-state index in [0.29, 0.717) is 25.9 Å². The Morgan fingerprint density at radius 2 is 1.74 bits per heavy atom. The smallest absolute Gasteiger partial charge is 0.259 e. The molecule has 0 aliphatic carbocycles. The molecule has 0 bridgehead atoms. The summed E-state index contributed by atoms with van der Waals surface area (Å²) in [5.41, 5.74) is 0.343. The molecule has 0 unspecified atom stereocenters. The van der Waals surface area contributed by atoms with Gasteiger partial charge in [-0.3, -0.25) is 14.4 Å². The van der Waals surface area contributed by atoms with E-state index < -0.39 is 27.5 Å². The number of likely N-dealkylation sites (tertiary alicyclic amines) is 1. The summed E-state index contributed by atoms with van der Waals surface area (Å²) in [5.74, 6) is -1.48. The summed E-state index contributed by atoms with van der Waals surface area (Å²) in [7, 11) is -4.11. The maximum Gasteiger partial charge on any atom is 0.259 e. The number of halogens is 1. The molecule has 3 aromatic carbocycles. The van der Waals surface area contributed by atoms with Crippen molar-refractivity contribution in [3.63, 3.8) is 0 Å². The minimum Gasteiger partial charge on any atom is -0.352 e. The van der Waals surface area contributed by atoms with Crippen LogP contribution in [0.25, 0.3) is 0 Å². The first-order valence-electron chi connectivity index (χ1n) is 12.4. The van der Waals surface area contributed by atoms with Crippen LogP contribution >= 0.6 is 0 Å². The van der Waals surface area contributed by atoms with Crippen LogP contribution in [0.3, 0.4) is 0 Å². The summed E-state index contributed by atoms with van der Waals surface area (Å²) in [6.07, 6.45) is 1.97. The summed E-state index contributed by atoms with van der Waals surface area (Å²) < 4.78 is 41.7. The number of rotatable bonds is 7. The molecular formula is C28H26FN3O5S. The lowest BCUT2D eigenvalue weighted by molar-refractivity contribution is -0.127. The van der Waals surface area contributed by atoms with Gasteiger partial charge >= 0.3 is 0 Å². The van der Waals surface area contributed by atoms with Crippen LogP contribution in [0.4, 0.5) is 10.1 Å². The van der Waals surface area contributed by atoms with E-state index in [4.69, 9.17) is 0 Å². The predicted octanol–water partition coefficient (Wildman–Crippen LogP) is 3.56. The molecule has 196 valence electrons. The summed E-state index contributed by atoms with van der Waals surface area (Å²) in [5, 5.41) is 2.79. The van der Waals surface area contributed by atoms with Crippen LogP contribution in [-0.4, -0.2) is 50.7 Å². The van der Waals surface area contributed by atoms with E-state index in [-0.39, 0.29) is 44.6 Å². The molecule has 3 amide bonds. The van der Waals surface area contributed by atoms with Gasteiger partial charge in [0.1, 0.15) is 5.82 Å². The quantitative estimate of drug-likeness (QED) is 0.466. The summed E-state index contributed by atoms with van der Waals surface area (Å²) in [6, 6.07) is 15.9. The van der Waals surface area contributed by atoms with E-state index in [2.05, 4.69) is 5.32 Å².